The van der Waals surface area contributed by atoms with Crippen LogP contribution in [0.15, 0.2) is 42.5 Å². The number of amides is 5. The minimum absolute atomic E-state index is 0.00233. The highest BCUT2D eigenvalue weighted by atomic mass is 19.4. The van der Waals surface area contributed by atoms with Gasteiger partial charge in [-0.25, -0.2) is 4.39 Å². The van der Waals surface area contributed by atoms with Crippen molar-refractivity contribution in [3.63, 3.8) is 0 Å². The van der Waals surface area contributed by atoms with Crippen molar-refractivity contribution in [2.45, 2.75) is 50.0 Å². The highest BCUT2D eigenvalue weighted by Gasteiger charge is 2.38. The number of fused-ring (bicyclic) bond motifs is 2. The van der Waals surface area contributed by atoms with E-state index < -0.39 is 65.2 Å². The standard InChI is InChI=1S/C34H42F4N6O6/c1-41(2)13-12-39-32(48)27-9-11-30(46)42(3)19-31(47)44-18-24(40-29(45)15-21-6-5-7-22(14-21)34(36,37)38)17-25(44)20-50-28-10-8-23(35)16-26(28)33(49)43(27)4/h5-8,10,14,16,24-25,27H,9,11-13,15,17-20H2,1-4H3,(H,39,48)(H,40,45)/t24-,25-,27-/m0/s1. The van der Waals surface area contributed by atoms with Crippen LogP contribution in [0.4, 0.5) is 17.6 Å². The summed E-state index contributed by atoms with van der Waals surface area (Å²) in [6.07, 6.45) is -4.96. The summed E-state index contributed by atoms with van der Waals surface area (Å²) in [7, 11) is 6.49. The van der Waals surface area contributed by atoms with Crippen molar-refractivity contribution in [2.75, 3.05) is 61.0 Å². The number of alkyl halides is 3. The summed E-state index contributed by atoms with van der Waals surface area (Å²) in [5.41, 5.74) is -0.880. The molecule has 2 aromatic carbocycles. The molecule has 0 aromatic heterocycles. The van der Waals surface area contributed by atoms with Gasteiger partial charge in [-0.15, -0.1) is 0 Å². The molecule has 0 radical (unpaired) electrons. The predicted molar refractivity (Wildman–Crippen MR) is 173 cm³/mol. The molecule has 0 saturated carbocycles. The number of benzene rings is 2. The highest BCUT2D eigenvalue weighted by molar-refractivity contribution is 5.99. The number of rotatable bonds is 7. The molecule has 2 N–H and O–H groups in total. The zero-order valence-electron chi connectivity index (χ0n) is 28.4. The normalized spacial score (nSPS) is 20.9. The number of ether oxygens (including phenoxy) is 1. The molecule has 272 valence electrons. The zero-order chi connectivity index (χ0) is 36.7. The third-order valence-corrected chi connectivity index (χ3v) is 8.70. The van der Waals surface area contributed by atoms with E-state index in [1.165, 1.54) is 42.1 Å². The molecule has 4 rings (SSSR count). The second-order valence-electron chi connectivity index (χ2n) is 12.8. The number of carbonyl (C=O) groups excluding carboxylic acids is 5. The molecule has 0 unspecified atom stereocenters. The fraction of sp³-hybridized carbons (Fsp3) is 0.500. The highest BCUT2D eigenvalue weighted by Crippen LogP contribution is 2.30. The van der Waals surface area contributed by atoms with Crippen molar-refractivity contribution in [3.05, 3.63) is 65.0 Å². The number of halogens is 4. The lowest BCUT2D eigenvalue weighted by Crippen LogP contribution is -2.49. The Morgan fingerprint density at radius 3 is 2.48 bits per heavy atom. The molecule has 2 aromatic rings. The number of hydrogen-bond donors (Lipinski definition) is 2. The van der Waals surface area contributed by atoms with Gasteiger partial charge in [0.1, 0.15) is 24.2 Å². The monoisotopic (exact) mass is 706 g/mol. The lowest BCUT2D eigenvalue weighted by atomic mass is 10.1. The lowest BCUT2D eigenvalue weighted by Gasteiger charge is -2.28. The summed E-state index contributed by atoms with van der Waals surface area (Å²) < 4.78 is 60.0. The van der Waals surface area contributed by atoms with Crippen LogP contribution in [0.3, 0.4) is 0 Å². The molecule has 50 heavy (non-hydrogen) atoms. The fourth-order valence-corrected chi connectivity index (χ4v) is 5.97. The Balaban J connectivity index is 1.56. The Morgan fingerprint density at radius 1 is 1.04 bits per heavy atom. The van der Waals surface area contributed by atoms with Gasteiger partial charge in [0, 0.05) is 46.2 Å². The molecule has 16 heteroatoms. The molecule has 0 aliphatic carbocycles. The van der Waals surface area contributed by atoms with E-state index in [2.05, 4.69) is 10.6 Å². The van der Waals surface area contributed by atoms with Gasteiger partial charge in [0.05, 0.1) is 30.1 Å². The molecular weight excluding hydrogens is 664 g/mol. The van der Waals surface area contributed by atoms with Gasteiger partial charge in [-0.3, -0.25) is 24.0 Å². The summed E-state index contributed by atoms with van der Waals surface area (Å²) in [5, 5.41) is 5.56. The van der Waals surface area contributed by atoms with Crippen molar-refractivity contribution >= 4 is 29.5 Å². The van der Waals surface area contributed by atoms with Crippen LogP contribution < -0.4 is 15.4 Å². The van der Waals surface area contributed by atoms with Crippen molar-refractivity contribution in [1.29, 1.82) is 0 Å². The summed E-state index contributed by atoms with van der Waals surface area (Å²) in [4.78, 5) is 72.3. The van der Waals surface area contributed by atoms with Crippen LogP contribution in [0.2, 0.25) is 0 Å². The molecule has 1 saturated heterocycles. The summed E-state index contributed by atoms with van der Waals surface area (Å²) in [5.74, 6) is -3.40. The number of carbonyl (C=O) groups is 5. The van der Waals surface area contributed by atoms with Crippen LogP contribution in [-0.2, 0) is 31.8 Å². The SMILES string of the molecule is CN(C)CCNC(=O)[C@@H]1CCC(=O)N(C)CC(=O)N2C[C@@H](NC(=O)Cc3cccc(C(F)(F)F)c3)C[C@H]2COc2ccc(F)cc2C(=O)N1C. The quantitative estimate of drug-likeness (QED) is 0.421. The van der Waals surface area contributed by atoms with E-state index in [1.54, 1.807) is 0 Å². The Kier molecular flexibility index (Phi) is 12.4. The summed E-state index contributed by atoms with van der Waals surface area (Å²) in [6, 6.07) is 5.47. The lowest BCUT2D eigenvalue weighted by molar-refractivity contribution is -0.140. The Hall–Kier alpha value is -4.73. The maximum atomic E-state index is 14.5. The van der Waals surface area contributed by atoms with E-state index in [0.717, 1.165) is 29.2 Å². The first-order chi connectivity index (χ1) is 23.5. The average molecular weight is 707 g/mol. The number of hydrogen-bond acceptors (Lipinski definition) is 7. The third-order valence-electron chi connectivity index (χ3n) is 8.70. The fourth-order valence-electron chi connectivity index (χ4n) is 5.97. The van der Waals surface area contributed by atoms with Gasteiger partial charge in [-0.2, -0.15) is 13.2 Å². The zero-order valence-corrected chi connectivity index (χ0v) is 28.4. The van der Waals surface area contributed by atoms with Crippen molar-refractivity contribution in [3.8, 4) is 5.75 Å². The number of likely N-dealkylation sites (N-methyl/N-ethyl adjacent to an activating group) is 3. The van der Waals surface area contributed by atoms with Crippen LogP contribution in [0.5, 0.6) is 5.75 Å². The number of nitrogens with zero attached hydrogens (tertiary/aromatic N) is 4. The molecule has 1 fully saturated rings. The van der Waals surface area contributed by atoms with Crippen molar-refractivity contribution in [2.24, 2.45) is 0 Å². The maximum Gasteiger partial charge on any atom is 0.416 e. The van der Waals surface area contributed by atoms with Crippen molar-refractivity contribution < 1.29 is 46.3 Å². The molecule has 0 spiro atoms. The van der Waals surface area contributed by atoms with E-state index in [4.69, 9.17) is 4.74 Å². The predicted octanol–water partition coefficient (Wildman–Crippen LogP) is 1.92. The van der Waals surface area contributed by atoms with Gasteiger partial charge in [-0.1, -0.05) is 18.2 Å². The Bertz CT molecular complexity index is 1590. The molecule has 12 nitrogen and oxygen atoms in total. The van der Waals surface area contributed by atoms with Crippen LogP contribution in [0.25, 0.3) is 0 Å². The molecule has 3 atom stereocenters. The topological polar surface area (TPSA) is 132 Å². The van der Waals surface area contributed by atoms with Crippen molar-refractivity contribution in [1.82, 2.24) is 30.2 Å². The maximum absolute atomic E-state index is 14.5. The molecule has 2 heterocycles. The first-order valence-electron chi connectivity index (χ1n) is 16.1. The molecule has 2 aliphatic rings. The van der Waals surface area contributed by atoms with E-state index in [1.807, 2.05) is 19.0 Å². The minimum atomic E-state index is -4.56. The van der Waals surface area contributed by atoms with Crippen LogP contribution in [0.1, 0.15) is 40.7 Å². The second kappa shape index (κ2) is 16.3. The largest absolute Gasteiger partial charge is 0.491 e. The smallest absolute Gasteiger partial charge is 0.416 e. The summed E-state index contributed by atoms with van der Waals surface area (Å²) >= 11 is 0. The van der Waals surface area contributed by atoms with E-state index in [-0.39, 0.29) is 68.8 Å². The van der Waals surface area contributed by atoms with E-state index >= 15 is 0 Å². The molecule has 5 amide bonds. The molecule has 0 bridgehead atoms. The first-order valence-corrected chi connectivity index (χ1v) is 16.1. The van der Waals surface area contributed by atoms with Gasteiger partial charge < -0.3 is 35.0 Å². The van der Waals surface area contributed by atoms with Gasteiger partial charge >= 0.3 is 6.18 Å². The minimum Gasteiger partial charge on any atom is -0.491 e. The Morgan fingerprint density at radius 2 is 1.78 bits per heavy atom. The van der Waals surface area contributed by atoms with Crippen LogP contribution in [0, 0.1) is 5.82 Å². The van der Waals surface area contributed by atoms with E-state index in [9.17, 15) is 41.5 Å². The summed E-state index contributed by atoms with van der Waals surface area (Å²) in [6.45, 7) is 0.338. The average Bonchev–Trinajstić information content (AvgIpc) is 3.45. The van der Waals surface area contributed by atoms with Gasteiger partial charge in [0.25, 0.3) is 5.91 Å². The van der Waals surface area contributed by atoms with E-state index in [0.29, 0.717) is 6.54 Å². The Labute approximate surface area is 287 Å². The first kappa shape index (κ1) is 38.1. The number of nitrogens with one attached hydrogen (secondary N) is 2. The van der Waals surface area contributed by atoms with Gasteiger partial charge in [-0.05, 0) is 56.8 Å². The second-order valence-corrected chi connectivity index (χ2v) is 12.8. The van der Waals surface area contributed by atoms with Gasteiger partial charge in [0.15, 0.2) is 0 Å². The van der Waals surface area contributed by atoms with Crippen LogP contribution >= 0.6 is 0 Å². The third kappa shape index (κ3) is 9.92. The van der Waals surface area contributed by atoms with Crippen LogP contribution in [-0.4, -0.2) is 128 Å². The molecule has 2 aliphatic heterocycles. The molecular formula is C34H42F4N6O6. The van der Waals surface area contributed by atoms with Gasteiger partial charge in [0.2, 0.25) is 23.6 Å².